The molecule has 1 fully saturated rings. The minimum atomic E-state index is -0.300. The van der Waals surface area contributed by atoms with Crippen molar-refractivity contribution in [1.29, 1.82) is 0 Å². The summed E-state index contributed by atoms with van der Waals surface area (Å²) in [6, 6.07) is 8.09. The summed E-state index contributed by atoms with van der Waals surface area (Å²) in [7, 11) is 1.67. The third-order valence-corrected chi connectivity index (χ3v) is 3.53. The molecule has 1 aliphatic heterocycles. The monoisotopic (exact) mass is 250 g/mol. The average Bonchev–Trinajstić information content (AvgIpc) is 2.62. The first-order chi connectivity index (χ1) is 8.79. The number of rotatable bonds is 4. The highest BCUT2D eigenvalue weighted by Crippen LogP contribution is 2.19. The molecule has 1 saturated heterocycles. The Morgan fingerprint density at radius 3 is 2.78 bits per heavy atom. The Bertz CT molecular complexity index is 347. The fourth-order valence-corrected chi connectivity index (χ4v) is 2.36. The molecule has 0 bridgehead atoms. The van der Waals surface area contributed by atoms with E-state index >= 15 is 0 Å². The Labute approximate surface area is 109 Å². The number of aliphatic hydroxyl groups is 1. The molecule has 1 aromatic rings. The fourth-order valence-electron chi connectivity index (χ4n) is 2.36. The Kier molecular flexibility index (Phi) is 5.02. The highest BCUT2D eigenvalue weighted by Gasteiger charge is 2.21. The van der Waals surface area contributed by atoms with E-state index in [1.165, 1.54) is 5.56 Å². The Morgan fingerprint density at radius 2 is 2.06 bits per heavy atom. The Balaban J connectivity index is 1.85. The van der Waals surface area contributed by atoms with Crippen molar-refractivity contribution in [3.05, 3.63) is 29.8 Å². The molecule has 0 radical (unpaired) electrons. The summed E-state index contributed by atoms with van der Waals surface area (Å²) in [4.78, 5) is 0. The maximum Gasteiger partial charge on any atom is 0.118 e. The molecule has 0 aliphatic carbocycles. The molecule has 1 aromatic carbocycles. The molecule has 1 N–H and O–H groups in total. The van der Waals surface area contributed by atoms with Gasteiger partial charge in [-0.05, 0) is 49.8 Å². The van der Waals surface area contributed by atoms with Gasteiger partial charge in [0.1, 0.15) is 5.75 Å². The van der Waals surface area contributed by atoms with Crippen molar-refractivity contribution in [2.75, 3.05) is 13.7 Å². The lowest BCUT2D eigenvalue weighted by atomic mass is 10.0. The van der Waals surface area contributed by atoms with Gasteiger partial charge in [-0.3, -0.25) is 0 Å². The van der Waals surface area contributed by atoms with Gasteiger partial charge in [0.15, 0.2) is 0 Å². The Morgan fingerprint density at radius 1 is 1.28 bits per heavy atom. The van der Waals surface area contributed by atoms with E-state index in [0.29, 0.717) is 0 Å². The Hall–Kier alpha value is -1.06. The lowest BCUT2D eigenvalue weighted by Gasteiger charge is -2.20. The van der Waals surface area contributed by atoms with Crippen molar-refractivity contribution >= 4 is 0 Å². The minimum Gasteiger partial charge on any atom is -0.497 e. The summed E-state index contributed by atoms with van der Waals surface area (Å²) in [5.74, 6) is 0.879. The largest absolute Gasteiger partial charge is 0.497 e. The molecular formula is C15H22O3. The van der Waals surface area contributed by atoms with Crippen LogP contribution in [0.15, 0.2) is 24.3 Å². The molecule has 18 heavy (non-hydrogen) atoms. The normalized spacial score (nSPS) is 24.6. The van der Waals surface area contributed by atoms with Crippen molar-refractivity contribution in [1.82, 2.24) is 0 Å². The van der Waals surface area contributed by atoms with Crippen LogP contribution in [0.25, 0.3) is 0 Å². The summed E-state index contributed by atoms with van der Waals surface area (Å²) in [5.41, 5.74) is 1.26. The van der Waals surface area contributed by atoms with Gasteiger partial charge in [-0.2, -0.15) is 0 Å². The van der Waals surface area contributed by atoms with Gasteiger partial charge < -0.3 is 14.6 Å². The summed E-state index contributed by atoms with van der Waals surface area (Å²) in [6.45, 7) is 0.782. The summed E-state index contributed by atoms with van der Waals surface area (Å²) in [6.07, 6.45) is 4.52. The maximum absolute atomic E-state index is 9.96. The SMILES string of the molecule is COc1ccc(CCC2OCCCCC2O)cc1. The molecular weight excluding hydrogens is 228 g/mol. The first-order valence-corrected chi connectivity index (χ1v) is 6.72. The van der Waals surface area contributed by atoms with Crippen LogP contribution in [0, 0.1) is 0 Å². The lowest BCUT2D eigenvalue weighted by molar-refractivity contribution is -0.0290. The maximum atomic E-state index is 9.96. The second kappa shape index (κ2) is 6.76. The van der Waals surface area contributed by atoms with Crippen LogP contribution in [0.4, 0.5) is 0 Å². The zero-order valence-corrected chi connectivity index (χ0v) is 11.0. The van der Waals surface area contributed by atoms with Crippen LogP contribution < -0.4 is 4.74 Å². The molecule has 1 heterocycles. The molecule has 0 saturated carbocycles. The number of methoxy groups -OCH3 is 1. The zero-order chi connectivity index (χ0) is 12.8. The molecule has 2 rings (SSSR count). The summed E-state index contributed by atoms with van der Waals surface area (Å²) >= 11 is 0. The van der Waals surface area contributed by atoms with Gasteiger partial charge in [0.05, 0.1) is 19.3 Å². The average molecular weight is 250 g/mol. The third kappa shape index (κ3) is 3.72. The standard InChI is InChI=1S/C15H22O3/c1-17-13-8-5-12(6-9-13)7-10-15-14(16)4-2-3-11-18-15/h5-6,8-9,14-16H,2-4,7,10-11H2,1H3. The van der Waals surface area contributed by atoms with Gasteiger partial charge >= 0.3 is 0 Å². The molecule has 0 aromatic heterocycles. The van der Waals surface area contributed by atoms with Crippen LogP contribution in [0.1, 0.15) is 31.2 Å². The lowest BCUT2D eigenvalue weighted by Crippen LogP contribution is -2.27. The predicted octanol–water partition coefficient (Wildman–Crippen LogP) is 2.56. The highest BCUT2D eigenvalue weighted by molar-refractivity contribution is 5.27. The molecule has 100 valence electrons. The van der Waals surface area contributed by atoms with Crippen LogP contribution >= 0.6 is 0 Å². The van der Waals surface area contributed by atoms with E-state index in [-0.39, 0.29) is 12.2 Å². The van der Waals surface area contributed by atoms with Crippen LogP contribution in [-0.4, -0.2) is 31.0 Å². The number of aryl methyl sites for hydroxylation is 1. The third-order valence-electron chi connectivity index (χ3n) is 3.53. The molecule has 0 amide bonds. The quantitative estimate of drug-likeness (QED) is 0.892. The number of ether oxygens (including phenoxy) is 2. The zero-order valence-electron chi connectivity index (χ0n) is 11.0. The van der Waals surface area contributed by atoms with Gasteiger partial charge in [-0.1, -0.05) is 12.1 Å². The van der Waals surface area contributed by atoms with E-state index in [4.69, 9.17) is 9.47 Å². The second-order valence-corrected chi connectivity index (χ2v) is 4.86. The van der Waals surface area contributed by atoms with Crippen molar-refractivity contribution in [3.63, 3.8) is 0 Å². The molecule has 3 heteroatoms. The van der Waals surface area contributed by atoms with Crippen LogP contribution in [0.3, 0.4) is 0 Å². The molecule has 2 unspecified atom stereocenters. The van der Waals surface area contributed by atoms with E-state index < -0.39 is 0 Å². The minimum absolute atomic E-state index is 0.00500. The molecule has 2 atom stereocenters. The van der Waals surface area contributed by atoms with Crippen LogP contribution in [0.2, 0.25) is 0 Å². The number of benzene rings is 1. The van der Waals surface area contributed by atoms with Gasteiger partial charge in [0.2, 0.25) is 0 Å². The van der Waals surface area contributed by atoms with Gasteiger partial charge in [0.25, 0.3) is 0 Å². The van der Waals surface area contributed by atoms with Gasteiger partial charge in [-0.25, -0.2) is 0 Å². The van der Waals surface area contributed by atoms with Crippen molar-refractivity contribution in [3.8, 4) is 5.75 Å². The summed E-state index contributed by atoms with van der Waals surface area (Å²) in [5, 5.41) is 9.96. The number of hydrogen-bond donors (Lipinski definition) is 1. The van der Waals surface area contributed by atoms with Crippen molar-refractivity contribution in [2.45, 2.75) is 44.3 Å². The summed E-state index contributed by atoms with van der Waals surface area (Å²) < 4.78 is 10.8. The fraction of sp³-hybridized carbons (Fsp3) is 0.600. The van der Waals surface area contributed by atoms with Gasteiger partial charge in [0, 0.05) is 6.61 Å². The smallest absolute Gasteiger partial charge is 0.118 e. The van der Waals surface area contributed by atoms with E-state index in [0.717, 1.165) is 44.5 Å². The van der Waals surface area contributed by atoms with E-state index in [1.54, 1.807) is 7.11 Å². The first kappa shape index (κ1) is 13.4. The first-order valence-electron chi connectivity index (χ1n) is 6.72. The van der Waals surface area contributed by atoms with Crippen molar-refractivity contribution < 1.29 is 14.6 Å². The topological polar surface area (TPSA) is 38.7 Å². The number of hydrogen-bond acceptors (Lipinski definition) is 3. The van der Waals surface area contributed by atoms with Crippen molar-refractivity contribution in [2.24, 2.45) is 0 Å². The second-order valence-electron chi connectivity index (χ2n) is 4.86. The highest BCUT2D eigenvalue weighted by atomic mass is 16.5. The number of aliphatic hydroxyl groups excluding tert-OH is 1. The van der Waals surface area contributed by atoms with E-state index in [9.17, 15) is 5.11 Å². The van der Waals surface area contributed by atoms with Crippen LogP contribution in [-0.2, 0) is 11.2 Å². The van der Waals surface area contributed by atoms with Gasteiger partial charge in [-0.15, -0.1) is 0 Å². The molecule has 1 aliphatic rings. The van der Waals surface area contributed by atoms with E-state index in [2.05, 4.69) is 12.1 Å². The van der Waals surface area contributed by atoms with Crippen LogP contribution in [0.5, 0.6) is 5.75 Å². The molecule has 0 spiro atoms. The van der Waals surface area contributed by atoms with E-state index in [1.807, 2.05) is 12.1 Å². The molecule has 3 nitrogen and oxygen atoms in total. The predicted molar refractivity (Wildman–Crippen MR) is 70.9 cm³/mol.